The Morgan fingerprint density at radius 3 is 2.59 bits per heavy atom. The van der Waals surface area contributed by atoms with E-state index in [0.29, 0.717) is 29.0 Å². The summed E-state index contributed by atoms with van der Waals surface area (Å²) in [7, 11) is 1.56. The molecule has 37 heavy (non-hydrogen) atoms. The van der Waals surface area contributed by atoms with Crippen molar-refractivity contribution < 1.29 is 22.7 Å². The van der Waals surface area contributed by atoms with Crippen LogP contribution in [0.25, 0.3) is 16.9 Å². The highest BCUT2D eigenvalue weighted by molar-refractivity contribution is 6.00. The summed E-state index contributed by atoms with van der Waals surface area (Å²) in [5.74, 6) is -0.109. The number of anilines is 1. The van der Waals surface area contributed by atoms with Gasteiger partial charge in [-0.3, -0.25) is 4.79 Å². The Morgan fingerprint density at radius 2 is 1.89 bits per heavy atom. The maximum absolute atomic E-state index is 13.7. The number of amides is 1. The van der Waals surface area contributed by atoms with Gasteiger partial charge in [-0.15, -0.1) is 5.10 Å². The Morgan fingerprint density at radius 1 is 1.11 bits per heavy atom. The number of ether oxygens (including phenoxy) is 1. The topological polar surface area (TPSA) is 78.1 Å². The van der Waals surface area contributed by atoms with Crippen molar-refractivity contribution in [2.45, 2.75) is 38.4 Å². The minimum Gasteiger partial charge on any atom is -0.495 e. The number of hydrogen-bond acceptors (Lipinski definition) is 5. The molecule has 1 atom stereocenters. The van der Waals surface area contributed by atoms with Crippen LogP contribution in [0.15, 0.2) is 61.2 Å². The number of aryl methyl sites for hydroxylation is 2. The molecule has 1 aliphatic rings. The van der Waals surface area contributed by atoms with Gasteiger partial charge in [0.1, 0.15) is 23.5 Å². The number of fused-ring (bicyclic) bond motifs is 1. The van der Waals surface area contributed by atoms with Gasteiger partial charge in [0, 0.05) is 17.4 Å². The molecule has 0 radical (unpaired) electrons. The Hall–Kier alpha value is -4.15. The number of rotatable bonds is 5. The summed E-state index contributed by atoms with van der Waals surface area (Å²) < 4.78 is 49.3. The number of imidazole rings is 1. The van der Waals surface area contributed by atoms with E-state index in [1.54, 1.807) is 56.9 Å². The third kappa shape index (κ3) is 4.56. The molecule has 0 saturated carbocycles. The number of nitrogens with zero attached hydrogens (tertiary/aromatic N) is 6. The van der Waals surface area contributed by atoms with E-state index in [1.165, 1.54) is 4.68 Å². The van der Waals surface area contributed by atoms with Gasteiger partial charge in [0.2, 0.25) is 0 Å². The van der Waals surface area contributed by atoms with Crippen molar-refractivity contribution in [3.8, 4) is 22.7 Å². The fraction of sp³-hybridized carbons (Fsp3) is 0.308. The first-order valence-corrected chi connectivity index (χ1v) is 11.7. The van der Waals surface area contributed by atoms with Crippen LogP contribution in [0.4, 0.5) is 18.9 Å². The highest BCUT2D eigenvalue weighted by Gasteiger charge is 2.46. The Kier molecular flexibility index (Phi) is 6.01. The maximum Gasteiger partial charge on any atom is 0.406 e. The minimum atomic E-state index is -4.56. The second kappa shape index (κ2) is 9.06. The lowest BCUT2D eigenvalue weighted by molar-refractivity contribution is -0.137. The van der Waals surface area contributed by atoms with E-state index in [9.17, 15) is 18.0 Å². The Balaban J connectivity index is 1.51. The second-order valence-electron chi connectivity index (χ2n) is 9.27. The number of hydrogen-bond donors (Lipinski definition) is 0. The number of carbonyl (C=O) groups excluding carboxylic acids is 1. The zero-order valence-electron chi connectivity index (χ0n) is 20.5. The number of carbonyl (C=O) groups is 1. The Labute approximate surface area is 211 Å². The molecule has 1 amide bonds. The first-order valence-electron chi connectivity index (χ1n) is 11.7. The zero-order chi connectivity index (χ0) is 26.4. The summed E-state index contributed by atoms with van der Waals surface area (Å²) in [6, 6.07) is 12.2. The fourth-order valence-electron chi connectivity index (χ4n) is 4.66. The largest absolute Gasteiger partial charge is 0.495 e. The predicted molar refractivity (Wildman–Crippen MR) is 131 cm³/mol. The lowest BCUT2D eigenvalue weighted by Gasteiger charge is -2.32. The van der Waals surface area contributed by atoms with Gasteiger partial charge in [-0.2, -0.15) is 13.2 Å². The lowest BCUT2D eigenvalue weighted by Crippen LogP contribution is -2.51. The molecule has 0 bridgehead atoms. The van der Waals surface area contributed by atoms with E-state index in [-0.39, 0.29) is 12.1 Å². The molecule has 0 unspecified atom stereocenters. The van der Waals surface area contributed by atoms with E-state index in [4.69, 9.17) is 4.74 Å². The predicted octanol–water partition coefficient (Wildman–Crippen LogP) is 4.70. The van der Waals surface area contributed by atoms with Crippen LogP contribution in [-0.4, -0.2) is 50.3 Å². The summed E-state index contributed by atoms with van der Waals surface area (Å²) in [5.41, 5.74) is 2.37. The average Bonchev–Trinajstić information content (AvgIpc) is 3.52. The van der Waals surface area contributed by atoms with Crippen molar-refractivity contribution in [3.05, 3.63) is 72.4 Å². The van der Waals surface area contributed by atoms with Crippen LogP contribution in [0.2, 0.25) is 0 Å². The molecule has 11 heteroatoms. The average molecular weight is 511 g/mol. The van der Waals surface area contributed by atoms with Crippen molar-refractivity contribution >= 4 is 11.6 Å². The van der Waals surface area contributed by atoms with Gasteiger partial charge >= 0.3 is 6.18 Å². The molecule has 192 valence electrons. The van der Waals surface area contributed by atoms with Crippen LogP contribution < -0.4 is 9.64 Å². The van der Waals surface area contributed by atoms with Crippen LogP contribution in [0.5, 0.6) is 5.75 Å². The van der Waals surface area contributed by atoms with Crippen molar-refractivity contribution in [2.75, 3.05) is 18.6 Å². The zero-order valence-corrected chi connectivity index (χ0v) is 20.5. The number of alkyl halides is 3. The van der Waals surface area contributed by atoms with Gasteiger partial charge in [-0.1, -0.05) is 29.5 Å². The van der Waals surface area contributed by atoms with E-state index in [1.807, 2.05) is 29.8 Å². The van der Waals surface area contributed by atoms with Crippen LogP contribution in [0.1, 0.15) is 24.6 Å². The van der Waals surface area contributed by atoms with Gasteiger partial charge in [-0.25, -0.2) is 9.67 Å². The highest BCUT2D eigenvalue weighted by atomic mass is 19.4. The summed E-state index contributed by atoms with van der Waals surface area (Å²) in [6.45, 7) is 2.11. The van der Waals surface area contributed by atoms with Gasteiger partial charge in [-0.05, 0) is 50.5 Å². The number of para-hydroxylation sites is 1. The molecule has 0 aliphatic carbocycles. The van der Waals surface area contributed by atoms with Crippen LogP contribution in [-0.2, 0) is 16.8 Å². The minimum absolute atomic E-state index is 0.266. The maximum atomic E-state index is 13.7. The standard InChI is InChI=1S/C26H25F3N6O2/c1-17-13-33(16-30-17)22-9-8-19(12-23(22)37-3)20-14-35(32-31-20)25(2)11-10-18-6-4-5-7-21(18)34(24(25)36)15-26(27,28)29/h4-9,12-14,16H,10-11,15H2,1-3H3/t25-/m1/s1. The van der Waals surface area contributed by atoms with Crippen molar-refractivity contribution in [2.24, 2.45) is 0 Å². The van der Waals surface area contributed by atoms with Crippen molar-refractivity contribution in [1.29, 1.82) is 0 Å². The first kappa shape index (κ1) is 24.5. The van der Waals surface area contributed by atoms with Gasteiger partial charge in [0.15, 0.2) is 0 Å². The normalized spacial score (nSPS) is 18.0. The second-order valence-corrected chi connectivity index (χ2v) is 9.27. The smallest absolute Gasteiger partial charge is 0.406 e. The monoisotopic (exact) mass is 510 g/mol. The molecule has 5 rings (SSSR count). The molecule has 4 aromatic rings. The highest BCUT2D eigenvalue weighted by Crippen LogP contribution is 2.37. The van der Waals surface area contributed by atoms with E-state index in [2.05, 4.69) is 15.3 Å². The molecule has 3 heterocycles. The third-order valence-electron chi connectivity index (χ3n) is 6.67. The lowest BCUT2D eigenvalue weighted by atomic mass is 9.93. The quantitative estimate of drug-likeness (QED) is 0.389. The van der Waals surface area contributed by atoms with Gasteiger partial charge in [0.25, 0.3) is 5.91 Å². The van der Waals surface area contributed by atoms with E-state index in [0.717, 1.165) is 16.3 Å². The summed E-state index contributed by atoms with van der Waals surface area (Å²) in [4.78, 5) is 18.7. The molecular weight excluding hydrogens is 485 g/mol. The van der Waals surface area contributed by atoms with Crippen LogP contribution in [0, 0.1) is 6.92 Å². The molecule has 8 nitrogen and oxygen atoms in total. The summed E-state index contributed by atoms with van der Waals surface area (Å²) in [6.07, 6.45) is 1.27. The summed E-state index contributed by atoms with van der Waals surface area (Å²) in [5, 5.41) is 8.44. The molecule has 0 N–H and O–H groups in total. The van der Waals surface area contributed by atoms with Crippen LogP contribution in [0.3, 0.4) is 0 Å². The molecular formula is C26H25F3N6O2. The SMILES string of the molecule is COc1cc(-c2cn([C@]3(C)CCc4ccccc4N(CC(F)(F)F)C3=O)nn2)ccc1-n1cnc(C)c1. The van der Waals surface area contributed by atoms with E-state index >= 15 is 0 Å². The van der Waals surface area contributed by atoms with Crippen molar-refractivity contribution in [1.82, 2.24) is 24.5 Å². The molecule has 0 spiro atoms. The summed E-state index contributed by atoms with van der Waals surface area (Å²) >= 11 is 0. The number of methoxy groups -OCH3 is 1. The number of halogens is 3. The first-order chi connectivity index (χ1) is 17.6. The van der Waals surface area contributed by atoms with Crippen LogP contribution >= 0.6 is 0 Å². The number of aromatic nitrogens is 5. The molecule has 2 aromatic heterocycles. The number of benzene rings is 2. The van der Waals surface area contributed by atoms with Gasteiger partial charge < -0.3 is 14.2 Å². The molecule has 0 saturated heterocycles. The van der Waals surface area contributed by atoms with Gasteiger partial charge in [0.05, 0.1) is 31.0 Å². The third-order valence-corrected chi connectivity index (χ3v) is 6.67. The fourth-order valence-corrected chi connectivity index (χ4v) is 4.66. The van der Waals surface area contributed by atoms with E-state index < -0.39 is 24.2 Å². The molecule has 2 aromatic carbocycles. The molecule has 0 fully saturated rings. The van der Waals surface area contributed by atoms with Crippen molar-refractivity contribution in [3.63, 3.8) is 0 Å². The molecule has 1 aliphatic heterocycles. The Bertz CT molecular complexity index is 1460.